The van der Waals surface area contributed by atoms with Crippen LogP contribution in [0.4, 0.5) is 34.1 Å². The van der Waals surface area contributed by atoms with Crippen molar-refractivity contribution in [3.05, 3.63) is 402 Å². The van der Waals surface area contributed by atoms with Gasteiger partial charge in [0.05, 0.1) is 11.0 Å². The van der Waals surface area contributed by atoms with Gasteiger partial charge in [0.15, 0.2) is 0 Å². The molecule has 0 saturated heterocycles. The third-order valence-corrected chi connectivity index (χ3v) is 23.8. The standard InChI is InChI=1S/C51H36N2.C34H24.C18H14BrN/c1-51(2)47-24-14-13-23-41(47)44-30-46-45-29-42-39-21-11-9-19-37(39)38-20-10-12-22-40(38)43(42)31-49(45)53(50(46)32-48(44)51)36-27-25-35(26-28-36)52(33-15-5-3-6-16-33)34-17-7-4-8-18-34;1-34(2)32-14-8-7-13-26(32)31-19-28-21(17-33(31)34)15-20-16-29-24-11-5-3-9-22(24)23-10-4-6-12-25(23)30(29)18-27(20)28;19-15-11-13-18(14-12-15)20(16-7-3-1-4-8-16)17-9-5-2-6-10-17/h3-32H,1-2H3;3-14,16-19H,15H2,1-2H3;1-14H. The second kappa shape index (κ2) is 25.3. The van der Waals surface area contributed by atoms with E-state index >= 15 is 0 Å². The zero-order chi connectivity index (χ0) is 71.7. The molecular weight excluding hydrogens is 1360 g/mol. The highest BCUT2D eigenvalue weighted by atomic mass is 79.9. The van der Waals surface area contributed by atoms with E-state index < -0.39 is 0 Å². The predicted molar refractivity (Wildman–Crippen MR) is 459 cm³/mol. The van der Waals surface area contributed by atoms with Crippen LogP contribution in [0.3, 0.4) is 0 Å². The van der Waals surface area contributed by atoms with E-state index in [1.165, 1.54) is 153 Å². The number of benzene rings is 18. The molecule has 0 aliphatic heterocycles. The fraction of sp³-hybridized carbons (Fsp3) is 0.0680. The fourth-order valence-corrected chi connectivity index (χ4v) is 18.5. The number of para-hydroxylation sites is 4. The average molecular weight is 1430 g/mol. The van der Waals surface area contributed by atoms with Crippen LogP contribution in [-0.4, -0.2) is 4.57 Å². The van der Waals surface area contributed by atoms with Gasteiger partial charge >= 0.3 is 0 Å². The Morgan fingerprint density at radius 2 is 0.542 bits per heavy atom. The van der Waals surface area contributed by atoms with Gasteiger partial charge in [0.2, 0.25) is 0 Å². The Bertz CT molecular complexity index is 6680. The van der Waals surface area contributed by atoms with E-state index in [0.29, 0.717) is 0 Å². The molecule has 1 heterocycles. The lowest BCUT2D eigenvalue weighted by atomic mass is 9.81. The number of fused-ring (bicyclic) bond motifs is 24. The van der Waals surface area contributed by atoms with Crippen LogP contribution in [0.2, 0.25) is 0 Å². The molecule has 0 atom stereocenters. The maximum Gasteiger partial charge on any atom is 0.0547 e. The third kappa shape index (κ3) is 10.4. The average Bonchev–Trinajstić information content (AvgIpc) is 1.64. The van der Waals surface area contributed by atoms with Gasteiger partial charge in [-0.15, -0.1) is 0 Å². The maximum absolute atomic E-state index is 3.49. The van der Waals surface area contributed by atoms with Gasteiger partial charge in [-0.1, -0.05) is 268 Å². The molecule has 0 spiro atoms. The minimum atomic E-state index is -0.103. The van der Waals surface area contributed by atoms with E-state index in [9.17, 15) is 0 Å². The van der Waals surface area contributed by atoms with Crippen molar-refractivity contribution in [1.82, 2.24) is 4.57 Å². The minimum absolute atomic E-state index is 0.0485. The smallest absolute Gasteiger partial charge is 0.0547 e. The van der Waals surface area contributed by atoms with E-state index in [1.807, 2.05) is 12.1 Å². The van der Waals surface area contributed by atoms with Crippen LogP contribution in [0.15, 0.2) is 368 Å². The van der Waals surface area contributed by atoms with Crippen LogP contribution in [0.1, 0.15) is 61.1 Å². The molecular formula is C103H74BrN3. The molecule has 0 N–H and O–H groups in total. The Morgan fingerprint density at radius 1 is 0.234 bits per heavy atom. The number of anilines is 6. The van der Waals surface area contributed by atoms with Crippen LogP contribution in [0.5, 0.6) is 0 Å². The van der Waals surface area contributed by atoms with Crippen LogP contribution >= 0.6 is 15.9 Å². The van der Waals surface area contributed by atoms with Gasteiger partial charge in [0, 0.05) is 65.9 Å². The van der Waals surface area contributed by atoms with E-state index in [1.54, 1.807) is 0 Å². The molecule has 508 valence electrons. The molecule has 3 aliphatic carbocycles. The van der Waals surface area contributed by atoms with Crippen molar-refractivity contribution in [2.45, 2.75) is 44.9 Å². The molecule has 0 radical (unpaired) electrons. The van der Waals surface area contributed by atoms with Crippen molar-refractivity contribution in [3.8, 4) is 39.1 Å². The summed E-state index contributed by atoms with van der Waals surface area (Å²) in [5.41, 5.74) is 27.3. The summed E-state index contributed by atoms with van der Waals surface area (Å²) in [5.74, 6) is 0. The topological polar surface area (TPSA) is 11.4 Å². The Kier molecular flexibility index (Phi) is 15.2. The zero-order valence-electron chi connectivity index (χ0n) is 60.1. The van der Waals surface area contributed by atoms with Gasteiger partial charge in [-0.2, -0.15) is 0 Å². The fourth-order valence-electron chi connectivity index (χ4n) is 18.2. The van der Waals surface area contributed by atoms with E-state index in [-0.39, 0.29) is 10.8 Å². The molecule has 0 saturated carbocycles. The van der Waals surface area contributed by atoms with Gasteiger partial charge < -0.3 is 14.4 Å². The highest BCUT2D eigenvalue weighted by Crippen LogP contribution is 2.55. The van der Waals surface area contributed by atoms with E-state index in [0.717, 1.165) is 50.7 Å². The molecule has 3 nitrogen and oxygen atoms in total. The van der Waals surface area contributed by atoms with Gasteiger partial charge in [0.25, 0.3) is 0 Å². The summed E-state index contributed by atoms with van der Waals surface area (Å²) in [7, 11) is 0. The summed E-state index contributed by atoms with van der Waals surface area (Å²) in [4.78, 5) is 4.57. The first-order chi connectivity index (χ1) is 52.5. The summed E-state index contributed by atoms with van der Waals surface area (Å²) < 4.78 is 3.59. The van der Waals surface area contributed by atoms with Crippen molar-refractivity contribution < 1.29 is 0 Å². The molecule has 1 aromatic heterocycles. The van der Waals surface area contributed by atoms with Crippen molar-refractivity contribution in [2.24, 2.45) is 0 Å². The van der Waals surface area contributed by atoms with Gasteiger partial charge in [0.1, 0.15) is 0 Å². The lowest BCUT2D eigenvalue weighted by molar-refractivity contribution is 0.659. The molecule has 0 amide bonds. The molecule has 0 bridgehead atoms. The first kappa shape index (κ1) is 64.0. The number of aromatic nitrogens is 1. The minimum Gasteiger partial charge on any atom is -0.311 e. The number of hydrogen-bond acceptors (Lipinski definition) is 2. The van der Waals surface area contributed by atoms with Crippen molar-refractivity contribution in [1.29, 1.82) is 0 Å². The molecule has 0 fully saturated rings. The molecule has 4 heteroatoms. The Morgan fingerprint density at radius 3 is 1.00 bits per heavy atom. The van der Waals surface area contributed by atoms with E-state index in [2.05, 4.69) is 410 Å². The highest BCUT2D eigenvalue weighted by molar-refractivity contribution is 9.10. The number of nitrogens with zero attached hydrogens (tertiary/aromatic N) is 3. The Labute approximate surface area is 632 Å². The molecule has 19 aromatic rings. The van der Waals surface area contributed by atoms with Gasteiger partial charge in [-0.25, -0.2) is 0 Å². The summed E-state index contributed by atoms with van der Waals surface area (Å²) >= 11 is 3.49. The Balaban J connectivity index is 0.000000119. The number of rotatable bonds is 7. The lowest BCUT2D eigenvalue weighted by Gasteiger charge is -2.25. The molecule has 107 heavy (non-hydrogen) atoms. The van der Waals surface area contributed by atoms with E-state index in [4.69, 9.17) is 0 Å². The normalized spacial score (nSPS) is 13.2. The lowest BCUT2D eigenvalue weighted by Crippen LogP contribution is -2.15. The van der Waals surface area contributed by atoms with Crippen LogP contribution in [0, 0.1) is 0 Å². The number of halogens is 1. The first-order valence-electron chi connectivity index (χ1n) is 37.3. The van der Waals surface area contributed by atoms with Crippen molar-refractivity contribution in [2.75, 3.05) is 9.80 Å². The maximum atomic E-state index is 3.49. The van der Waals surface area contributed by atoms with Crippen molar-refractivity contribution >= 4 is 136 Å². The van der Waals surface area contributed by atoms with Gasteiger partial charge in [-0.05, 0) is 277 Å². The zero-order valence-corrected chi connectivity index (χ0v) is 61.7. The molecule has 22 rings (SSSR count). The Hall–Kier alpha value is -12.6. The van der Waals surface area contributed by atoms with Crippen LogP contribution in [0.25, 0.3) is 126 Å². The third-order valence-electron chi connectivity index (χ3n) is 23.3. The second-order valence-corrected chi connectivity index (χ2v) is 30.9. The molecule has 0 unspecified atom stereocenters. The largest absolute Gasteiger partial charge is 0.311 e. The van der Waals surface area contributed by atoms with Gasteiger partial charge in [-0.3, -0.25) is 0 Å². The summed E-state index contributed by atoms with van der Waals surface area (Å²) in [6.07, 6.45) is 1.02. The SMILES string of the molecule is Brc1ccc(N(c2ccccc2)c2ccccc2)cc1.CC1(C)c2ccccc2-c2cc3c(cc21)Cc1cc2c4ccccc4c4ccccc4c2cc1-3.CC1(C)c2ccccc2-c2cc3c4cc5c6ccccc6c6ccccc6c5cc4n(-c4ccc(N(c5ccccc5)c5ccccc5)cc4)c3cc21. The summed E-state index contributed by atoms with van der Waals surface area (Å²) in [6, 6.07) is 133. The number of hydrogen-bond donors (Lipinski definition) is 0. The van der Waals surface area contributed by atoms with Crippen LogP contribution < -0.4 is 9.80 Å². The van der Waals surface area contributed by atoms with Crippen molar-refractivity contribution in [3.63, 3.8) is 0 Å². The quantitative estimate of drug-likeness (QED) is 0.147. The monoisotopic (exact) mass is 1430 g/mol. The summed E-state index contributed by atoms with van der Waals surface area (Å²) in [6.45, 7) is 9.50. The molecule has 18 aromatic carbocycles. The second-order valence-electron chi connectivity index (χ2n) is 30.0. The predicted octanol–water partition coefficient (Wildman–Crippen LogP) is 29.0. The summed E-state index contributed by atoms with van der Waals surface area (Å²) in [5, 5.41) is 18.4. The highest BCUT2D eigenvalue weighted by Gasteiger charge is 2.39. The first-order valence-corrected chi connectivity index (χ1v) is 38.1. The van der Waals surface area contributed by atoms with Crippen LogP contribution in [-0.2, 0) is 17.3 Å². The molecule has 3 aliphatic rings.